The van der Waals surface area contributed by atoms with Gasteiger partial charge in [-0.2, -0.15) is 0 Å². The molecule has 3 aromatic rings. The minimum Gasteiger partial charge on any atom is -0.491 e. The van der Waals surface area contributed by atoms with Crippen LogP contribution in [0.5, 0.6) is 5.75 Å². The number of aromatic nitrogens is 1. The van der Waals surface area contributed by atoms with Crippen LogP contribution in [0.25, 0.3) is 22.2 Å². The molecule has 0 aliphatic rings. The van der Waals surface area contributed by atoms with Crippen molar-refractivity contribution in [1.29, 1.82) is 0 Å². The maximum absolute atomic E-state index is 10.3. The van der Waals surface area contributed by atoms with Crippen LogP contribution in [0.4, 0.5) is 5.69 Å². The Labute approximate surface area is 204 Å². The third-order valence-corrected chi connectivity index (χ3v) is 5.06. The second-order valence-electron chi connectivity index (χ2n) is 8.09. The third kappa shape index (κ3) is 8.80. The standard InChI is InChI=1S/C26H32N2O7/c1-28(2)21-6-3-19(4-7-21)24-9-5-20-15-23(8-10-25(20)27-24)35-17-22(29)16-33-13-11-32-12-14-34-18-26(30)31/h3-10,15,22,29H,11-14,16-18H2,1-2H3,(H,30,31). The minimum atomic E-state index is -1.01. The van der Waals surface area contributed by atoms with Crippen LogP contribution >= 0.6 is 0 Å². The SMILES string of the molecule is CN(C)c1ccc(-c2ccc3cc(OCC(O)COCCOCCOCC(=O)O)ccc3n2)cc1. The molecule has 188 valence electrons. The molecule has 0 amide bonds. The summed E-state index contributed by atoms with van der Waals surface area (Å²) in [6, 6.07) is 17.9. The number of carboxylic acid groups (broad SMARTS) is 1. The van der Waals surface area contributed by atoms with Gasteiger partial charge in [-0.25, -0.2) is 9.78 Å². The lowest BCUT2D eigenvalue weighted by molar-refractivity contribution is -0.142. The molecule has 9 nitrogen and oxygen atoms in total. The first kappa shape index (κ1) is 26.4. The topological polar surface area (TPSA) is 111 Å². The number of aliphatic hydroxyl groups is 1. The Kier molecular flexibility index (Phi) is 10.2. The van der Waals surface area contributed by atoms with E-state index in [0.29, 0.717) is 19.0 Å². The molecule has 1 unspecified atom stereocenters. The van der Waals surface area contributed by atoms with Gasteiger partial charge >= 0.3 is 5.97 Å². The van der Waals surface area contributed by atoms with Crippen molar-refractivity contribution in [3.05, 3.63) is 54.6 Å². The molecule has 0 saturated carbocycles. The summed E-state index contributed by atoms with van der Waals surface area (Å²) in [7, 11) is 4.02. The molecule has 0 saturated heterocycles. The first-order valence-corrected chi connectivity index (χ1v) is 11.4. The summed E-state index contributed by atoms with van der Waals surface area (Å²) in [6.45, 7) is 0.982. The highest BCUT2D eigenvalue weighted by atomic mass is 16.6. The maximum Gasteiger partial charge on any atom is 0.329 e. The first-order chi connectivity index (χ1) is 16.9. The van der Waals surface area contributed by atoms with E-state index in [2.05, 4.69) is 29.2 Å². The van der Waals surface area contributed by atoms with Gasteiger partial charge in [-0.05, 0) is 36.4 Å². The number of carboxylic acids is 1. The van der Waals surface area contributed by atoms with E-state index >= 15 is 0 Å². The van der Waals surface area contributed by atoms with E-state index in [1.807, 2.05) is 44.4 Å². The summed E-state index contributed by atoms with van der Waals surface area (Å²) >= 11 is 0. The highest BCUT2D eigenvalue weighted by Gasteiger charge is 2.08. The number of rotatable bonds is 15. The summed E-state index contributed by atoms with van der Waals surface area (Å²) in [4.78, 5) is 17.1. The van der Waals surface area contributed by atoms with Crippen LogP contribution in [-0.4, -0.2) is 87.6 Å². The molecule has 0 aliphatic heterocycles. The number of carbonyl (C=O) groups is 1. The Morgan fingerprint density at radius 3 is 2.34 bits per heavy atom. The molecule has 35 heavy (non-hydrogen) atoms. The molecule has 9 heteroatoms. The van der Waals surface area contributed by atoms with Gasteiger partial charge in [0, 0.05) is 30.7 Å². The predicted molar refractivity (Wildman–Crippen MR) is 133 cm³/mol. The normalized spacial score (nSPS) is 12.0. The van der Waals surface area contributed by atoms with Crippen molar-refractivity contribution in [1.82, 2.24) is 4.98 Å². The van der Waals surface area contributed by atoms with E-state index in [4.69, 9.17) is 29.0 Å². The lowest BCUT2D eigenvalue weighted by Crippen LogP contribution is -2.24. The van der Waals surface area contributed by atoms with Crippen LogP contribution in [0.1, 0.15) is 0 Å². The molecule has 1 atom stereocenters. The van der Waals surface area contributed by atoms with Gasteiger partial charge in [0.05, 0.1) is 44.2 Å². The Morgan fingerprint density at radius 1 is 0.914 bits per heavy atom. The molecule has 0 aliphatic carbocycles. The van der Waals surface area contributed by atoms with Crippen molar-refractivity contribution >= 4 is 22.6 Å². The zero-order valence-corrected chi connectivity index (χ0v) is 20.1. The van der Waals surface area contributed by atoms with Crippen molar-refractivity contribution in [2.24, 2.45) is 0 Å². The van der Waals surface area contributed by atoms with E-state index in [9.17, 15) is 9.90 Å². The number of aliphatic carboxylic acids is 1. The average Bonchev–Trinajstić information content (AvgIpc) is 2.86. The second-order valence-corrected chi connectivity index (χ2v) is 8.09. The number of fused-ring (bicyclic) bond motifs is 1. The number of ether oxygens (including phenoxy) is 4. The molecule has 0 spiro atoms. The van der Waals surface area contributed by atoms with E-state index in [-0.39, 0.29) is 33.0 Å². The molecule has 0 bridgehead atoms. The lowest BCUT2D eigenvalue weighted by Gasteiger charge is -2.14. The van der Waals surface area contributed by atoms with Crippen molar-refractivity contribution in [3.63, 3.8) is 0 Å². The van der Waals surface area contributed by atoms with Gasteiger partial charge in [0.2, 0.25) is 0 Å². The van der Waals surface area contributed by atoms with Crippen LogP contribution in [0.15, 0.2) is 54.6 Å². The first-order valence-electron chi connectivity index (χ1n) is 11.4. The van der Waals surface area contributed by atoms with Crippen LogP contribution in [-0.2, 0) is 19.0 Å². The second kappa shape index (κ2) is 13.6. The molecule has 1 heterocycles. The monoisotopic (exact) mass is 484 g/mol. The molecule has 2 aromatic carbocycles. The van der Waals surface area contributed by atoms with Crippen molar-refractivity contribution in [3.8, 4) is 17.0 Å². The fraction of sp³-hybridized carbons (Fsp3) is 0.385. The summed E-state index contributed by atoms with van der Waals surface area (Å²) in [5.74, 6) is -0.368. The van der Waals surface area contributed by atoms with Gasteiger partial charge in [-0.3, -0.25) is 0 Å². The van der Waals surface area contributed by atoms with Crippen LogP contribution in [0.3, 0.4) is 0 Å². The molecular weight excluding hydrogens is 452 g/mol. The van der Waals surface area contributed by atoms with Crippen molar-refractivity contribution < 1.29 is 34.0 Å². The van der Waals surface area contributed by atoms with Crippen molar-refractivity contribution in [2.45, 2.75) is 6.10 Å². The van der Waals surface area contributed by atoms with Gasteiger partial charge in [-0.1, -0.05) is 18.2 Å². The largest absolute Gasteiger partial charge is 0.491 e. The average molecular weight is 485 g/mol. The Hall–Kier alpha value is -3.24. The van der Waals surface area contributed by atoms with E-state index in [1.54, 1.807) is 0 Å². The maximum atomic E-state index is 10.3. The highest BCUT2D eigenvalue weighted by Crippen LogP contribution is 2.25. The zero-order chi connectivity index (χ0) is 25.0. The molecule has 2 N–H and O–H groups in total. The Bertz CT molecular complexity index is 1070. The Balaban J connectivity index is 1.39. The van der Waals surface area contributed by atoms with Gasteiger partial charge in [0.1, 0.15) is 25.1 Å². The molecule has 1 aromatic heterocycles. The summed E-state index contributed by atoms with van der Waals surface area (Å²) in [5, 5.41) is 19.5. The zero-order valence-electron chi connectivity index (χ0n) is 20.1. The molecular formula is C26H32N2O7. The highest BCUT2D eigenvalue weighted by molar-refractivity contribution is 5.83. The summed E-state index contributed by atoms with van der Waals surface area (Å²) < 4.78 is 21.2. The number of benzene rings is 2. The summed E-state index contributed by atoms with van der Waals surface area (Å²) in [6.07, 6.45) is -0.782. The van der Waals surface area contributed by atoms with Crippen LogP contribution in [0.2, 0.25) is 0 Å². The molecule has 0 radical (unpaired) electrons. The van der Waals surface area contributed by atoms with Crippen LogP contribution < -0.4 is 9.64 Å². The van der Waals surface area contributed by atoms with E-state index < -0.39 is 12.1 Å². The molecule has 3 rings (SSSR count). The number of anilines is 1. The molecule has 0 fully saturated rings. The van der Waals surface area contributed by atoms with Gasteiger partial charge < -0.3 is 34.1 Å². The van der Waals surface area contributed by atoms with E-state index in [1.165, 1.54) is 0 Å². The van der Waals surface area contributed by atoms with Crippen molar-refractivity contribution in [2.75, 3.05) is 65.2 Å². The quantitative estimate of drug-likeness (QED) is 0.315. The van der Waals surface area contributed by atoms with Gasteiger partial charge in [0.15, 0.2) is 0 Å². The smallest absolute Gasteiger partial charge is 0.329 e. The summed E-state index contributed by atoms with van der Waals surface area (Å²) in [5.41, 5.74) is 3.96. The lowest BCUT2D eigenvalue weighted by atomic mass is 10.1. The third-order valence-electron chi connectivity index (χ3n) is 5.06. The number of aliphatic hydroxyl groups excluding tert-OH is 1. The fourth-order valence-corrected chi connectivity index (χ4v) is 3.24. The minimum absolute atomic E-state index is 0.0964. The van der Waals surface area contributed by atoms with Crippen LogP contribution in [0, 0.1) is 0 Å². The van der Waals surface area contributed by atoms with E-state index in [0.717, 1.165) is 27.8 Å². The fourth-order valence-electron chi connectivity index (χ4n) is 3.24. The predicted octanol–water partition coefficient (Wildman–Crippen LogP) is 2.84. The van der Waals surface area contributed by atoms with Gasteiger partial charge in [0.25, 0.3) is 0 Å². The number of hydrogen-bond acceptors (Lipinski definition) is 8. The number of hydrogen-bond donors (Lipinski definition) is 2. The van der Waals surface area contributed by atoms with Gasteiger partial charge in [-0.15, -0.1) is 0 Å². The number of nitrogens with zero attached hydrogens (tertiary/aromatic N) is 2. The number of pyridine rings is 1. The Morgan fingerprint density at radius 2 is 1.63 bits per heavy atom.